The SMILES string of the molecule is COc1ccc(CO)c(OCc2ncon2)c1. The van der Waals surface area contributed by atoms with Crippen molar-refractivity contribution in [2.24, 2.45) is 0 Å². The van der Waals surface area contributed by atoms with Crippen molar-refractivity contribution in [3.05, 3.63) is 36.0 Å². The van der Waals surface area contributed by atoms with Crippen LogP contribution in [0.25, 0.3) is 0 Å². The molecular formula is C11H12N2O4. The summed E-state index contributed by atoms with van der Waals surface area (Å²) >= 11 is 0. The van der Waals surface area contributed by atoms with E-state index in [0.717, 1.165) is 0 Å². The van der Waals surface area contributed by atoms with Gasteiger partial charge in [0.05, 0.1) is 13.7 Å². The molecule has 0 fully saturated rings. The van der Waals surface area contributed by atoms with Crippen molar-refractivity contribution in [3.8, 4) is 11.5 Å². The maximum absolute atomic E-state index is 9.17. The van der Waals surface area contributed by atoms with Crippen LogP contribution < -0.4 is 9.47 Å². The number of ether oxygens (including phenoxy) is 2. The molecule has 1 N–H and O–H groups in total. The molecule has 0 radical (unpaired) electrons. The van der Waals surface area contributed by atoms with Gasteiger partial charge in [-0.2, -0.15) is 4.98 Å². The first-order valence-corrected chi connectivity index (χ1v) is 4.99. The van der Waals surface area contributed by atoms with Gasteiger partial charge in [0.25, 0.3) is 0 Å². The highest BCUT2D eigenvalue weighted by Gasteiger charge is 2.07. The van der Waals surface area contributed by atoms with Crippen molar-refractivity contribution in [3.63, 3.8) is 0 Å². The Morgan fingerprint density at radius 3 is 2.94 bits per heavy atom. The standard InChI is InChI=1S/C11H12N2O4/c1-15-9-3-2-8(5-14)10(4-9)16-6-11-12-7-17-13-11/h2-4,7,14H,5-6H2,1H3. The average Bonchev–Trinajstić information content (AvgIpc) is 2.89. The van der Waals surface area contributed by atoms with Crippen molar-refractivity contribution in [2.45, 2.75) is 13.2 Å². The first kappa shape index (κ1) is 11.4. The van der Waals surface area contributed by atoms with E-state index in [1.165, 1.54) is 6.39 Å². The highest BCUT2D eigenvalue weighted by Crippen LogP contribution is 2.25. The number of nitrogens with zero attached hydrogens (tertiary/aromatic N) is 2. The van der Waals surface area contributed by atoms with Crippen LogP contribution in [0.4, 0.5) is 0 Å². The predicted molar refractivity (Wildman–Crippen MR) is 57.5 cm³/mol. The van der Waals surface area contributed by atoms with Crippen LogP contribution in [-0.2, 0) is 13.2 Å². The van der Waals surface area contributed by atoms with Gasteiger partial charge in [-0.05, 0) is 12.1 Å². The lowest BCUT2D eigenvalue weighted by molar-refractivity contribution is 0.252. The minimum atomic E-state index is -0.106. The fourth-order valence-corrected chi connectivity index (χ4v) is 1.33. The minimum Gasteiger partial charge on any atom is -0.497 e. The molecule has 0 spiro atoms. The average molecular weight is 236 g/mol. The lowest BCUT2D eigenvalue weighted by Gasteiger charge is -2.10. The van der Waals surface area contributed by atoms with E-state index in [0.29, 0.717) is 22.9 Å². The summed E-state index contributed by atoms with van der Waals surface area (Å²) in [6.45, 7) is 0.0717. The van der Waals surface area contributed by atoms with Crippen molar-refractivity contribution < 1.29 is 19.1 Å². The summed E-state index contributed by atoms with van der Waals surface area (Å²) < 4.78 is 15.2. The fourth-order valence-electron chi connectivity index (χ4n) is 1.33. The van der Waals surface area contributed by atoms with Gasteiger partial charge in [0, 0.05) is 11.6 Å². The zero-order valence-electron chi connectivity index (χ0n) is 9.29. The lowest BCUT2D eigenvalue weighted by Crippen LogP contribution is -2.00. The molecule has 0 unspecified atom stereocenters. The number of aliphatic hydroxyl groups excluding tert-OH is 1. The van der Waals surface area contributed by atoms with Gasteiger partial charge in [-0.3, -0.25) is 0 Å². The second kappa shape index (κ2) is 5.31. The lowest BCUT2D eigenvalue weighted by atomic mass is 10.2. The van der Waals surface area contributed by atoms with Crippen LogP contribution in [0.1, 0.15) is 11.4 Å². The van der Waals surface area contributed by atoms with Crippen molar-refractivity contribution in [2.75, 3.05) is 7.11 Å². The predicted octanol–water partition coefficient (Wildman–Crippen LogP) is 1.15. The normalized spacial score (nSPS) is 10.2. The van der Waals surface area contributed by atoms with Crippen LogP contribution in [0.15, 0.2) is 29.1 Å². The quantitative estimate of drug-likeness (QED) is 0.839. The van der Waals surface area contributed by atoms with Crippen molar-refractivity contribution in [1.82, 2.24) is 10.1 Å². The third-order valence-electron chi connectivity index (χ3n) is 2.21. The van der Waals surface area contributed by atoms with Gasteiger partial charge in [0.15, 0.2) is 6.61 Å². The number of hydrogen-bond donors (Lipinski definition) is 1. The molecule has 0 atom stereocenters. The van der Waals surface area contributed by atoms with E-state index >= 15 is 0 Å². The first-order valence-electron chi connectivity index (χ1n) is 4.99. The molecule has 0 aliphatic rings. The fraction of sp³-hybridized carbons (Fsp3) is 0.273. The minimum absolute atomic E-state index is 0.106. The molecule has 0 bridgehead atoms. The third kappa shape index (κ3) is 2.73. The number of benzene rings is 1. The highest BCUT2D eigenvalue weighted by atomic mass is 16.5. The molecule has 0 saturated heterocycles. The van der Waals surface area contributed by atoms with E-state index in [-0.39, 0.29) is 13.2 Å². The Hall–Kier alpha value is -2.08. The molecule has 6 heteroatoms. The van der Waals surface area contributed by atoms with E-state index in [1.54, 1.807) is 25.3 Å². The monoisotopic (exact) mass is 236 g/mol. The molecule has 2 aromatic rings. The Morgan fingerprint density at radius 1 is 1.41 bits per heavy atom. The van der Waals surface area contributed by atoms with Crippen LogP contribution in [0, 0.1) is 0 Å². The maximum atomic E-state index is 9.17. The van der Waals surface area contributed by atoms with Gasteiger partial charge in [-0.25, -0.2) is 0 Å². The highest BCUT2D eigenvalue weighted by molar-refractivity contribution is 5.40. The number of methoxy groups -OCH3 is 1. The van der Waals surface area contributed by atoms with Gasteiger partial charge in [0.2, 0.25) is 12.2 Å². The van der Waals surface area contributed by atoms with Crippen LogP contribution in [0.5, 0.6) is 11.5 Å². The van der Waals surface area contributed by atoms with E-state index in [1.807, 2.05) is 0 Å². The van der Waals surface area contributed by atoms with Crippen LogP contribution in [0.2, 0.25) is 0 Å². The van der Waals surface area contributed by atoms with Crippen molar-refractivity contribution >= 4 is 0 Å². The summed E-state index contributed by atoms with van der Waals surface area (Å²) in [5, 5.41) is 12.8. The van der Waals surface area contributed by atoms with Gasteiger partial charge in [-0.15, -0.1) is 0 Å². The summed E-state index contributed by atoms with van der Waals surface area (Å²) in [4.78, 5) is 3.83. The molecule has 2 rings (SSSR count). The van der Waals surface area contributed by atoms with Gasteiger partial charge < -0.3 is 19.1 Å². The van der Waals surface area contributed by atoms with Crippen LogP contribution in [-0.4, -0.2) is 22.4 Å². The summed E-state index contributed by atoms with van der Waals surface area (Å²) in [6, 6.07) is 5.20. The second-order valence-electron chi connectivity index (χ2n) is 3.27. The molecule has 0 aliphatic carbocycles. The molecular weight excluding hydrogens is 224 g/mol. The van der Waals surface area contributed by atoms with Crippen LogP contribution in [0.3, 0.4) is 0 Å². The second-order valence-corrected chi connectivity index (χ2v) is 3.27. The molecule has 1 aromatic heterocycles. The molecule has 0 aliphatic heterocycles. The largest absolute Gasteiger partial charge is 0.497 e. The topological polar surface area (TPSA) is 77.6 Å². The summed E-state index contributed by atoms with van der Waals surface area (Å²) in [5.41, 5.74) is 0.675. The number of aromatic nitrogens is 2. The van der Waals surface area contributed by atoms with Gasteiger partial charge in [-0.1, -0.05) is 5.16 Å². The van der Waals surface area contributed by atoms with Gasteiger partial charge in [0.1, 0.15) is 11.5 Å². The Bertz CT molecular complexity index is 470. The number of hydrogen-bond acceptors (Lipinski definition) is 6. The molecule has 17 heavy (non-hydrogen) atoms. The van der Waals surface area contributed by atoms with Crippen molar-refractivity contribution in [1.29, 1.82) is 0 Å². The molecule has 1 heterocycles. The molecule has 0 amide bonds. The summed E-state index contributed by atoms with van der Waals surface area (Å²) in [5.74, 6) is 1.64. The zero-order valence-corrected chi connectivity index (χ0v) is 9.29. The zero-order chi connectivity index (χ0) is 12.1. The summed E-state index contributed by atoms with van der Waals surface area (Å²) in [6.07, 6.45) is 1.23. The smallest absolute Gasteiger partial charge is 0.213 e. The van der Waals surface area contributed by atoms with E-state index in [4.69, 9.17) is 14.6 Å². The Labute approximate surface area is 97.8 Å². The van der Waals surface area contributed by atoms with E-state index < -0.39 is 0 Å². The molecule has 1 aromatic carbocycles. The third-order valence-corrected chi connectivity index (χ3v) is 2.21. The Balaban J connectivity index is 2.12. The van der Waals surface area contributed by atoms with E-state index in [9.17, 15) is 0 Å². The van der Waals surface area contributed by atoms with Gasteiger partial charge >= 0.3 is 0 Å². The van der Waals surface area contributed by atoms with E-state index in [2.05, 4.69) is 14.7 Å². The molecule has 6 nitrogen and oxygen atoms in total. The van der Waals surface area contributed by atoms with Crippen LogP contribution >= 0.6 is 0 Å². The Morgan fingerprint density at radius 2 is 2.29 bits per heavy atom. The first-order chi connectivity index (χ1) is 8.33. The number of rotatable bonds is 5. The summed E-state index contributed by atoms with van der Waals surface area (Å²) in [7, 11) is 1.57. The molecule has 90 valence electrons. The maximum Gasteiger partial charge on any atom is 0.213 e. The Kier molecular flexibility index (Phi) is 3.56. The number of aliphatic hydroxyl groups is 1. The molecule has 0 saturated carbocycles.